The van der Waals surface area contributed by atoms with E-state index in [1.807, 2.05) is 51.1 Å². The first-order valence-corrected chi connectivity index (χ1v) is 12.7. The number of hydrogen-bond acceptors (Lipinski definition) is 4. The zero-order valence-corrected chi connectivity index (χ0v) is 21.6. The van der Waals surface area contributed by atoms with Crippen molar-refractivity contribution >= 4 is 17.7 Å². The number of benzene rings is 2. The largest absolute Gasteiger partial charge is 0.444 e. The summed E-state index contributed by atoms with van der Waals surface area (Å²) in [5.41, 5.74) is 3.60. The molecule has 36 heavy (non-hydrogen) atoms. The maximum absolute atomic E-state index is 13.6. The Balaban J connectivity index is 1.60. The van der Waals surface area contributed by atoms with Gasteiger partial charge in [-0.1, -0.05) is 43.3 Å². The van der Waals surface area contributed by atoms with Crippen molar-refractivity contribution in [1.29, 1.82) is 0 Å². The molecule has 0 aliphatic heterocycles. The molecular formula is C29H36N4O3. The van der Waals surface area contributed by atoms with Crippen LogP contribution < -0.4 is 10.2 Å². The van der Waals surface area contributed by atoms with Gasteiger partial charge in [0.1, 0.15) is 11.4 Å². The molecule has 0 saturated carbocycles. The molecule has 7 nitrogen and oxygen atoms in total. The molecule has 0 saturated heterocycles. The van der Waals surface area contributed by atoms with Gasteiger partial charge < -0.3 is 19.9 Å². The van der Waals surface area contributed by atoms with E-state index in [9.17, 15) is 9.59 Å². The van der Waals surface area contributed by atoms with E-state index in [0.29, 0.717) is 13.0 Å². The molecule has 2 aromatic carbocycles. The summed E-state index contributed by atoms with van der Waals surface area (Å²) in [6.07, 6.45) is 6.16. The molecule has 1 aromatic heterocycles. The minimum atomic E-state index is -0.564. The molecule has 3 aromatic rings. The number of hydrogen-bond donors (Lipinski definition) is 2. The molecule has 2 atom stereocenters. The number of alkyl carbamates (subject to hydrolysis) is 1. The van der Waals surface area contributed by atoms with Crippen molar-refractivity contribution in [2.24, 2.45) is 0 Å². The summed E-state index contributed by atoms with van der Waals surface area (Å²) in [6.45, 7) is 7.98. The van der Waals surface area contributed by atoms with Crippen LogP contribution >= 0.6 is 0 Å². The van der Waals surface area contributed by atoms with Gasteiger partial charge in [-0.05, 0) is 74.8 Å². The minimum absolute atomic E-state index is 0.0233. The summed E-state index contributed by atoms with van der Waals surface area (Å²) in [4.78, 5) is 35.4. The Morgan fingerprint density at radius 1 is 1.19 bits per heavy atom. The minimum Gasteiger partial charge on any atom is -0.444 e. The number of aromatic nitrogens is 2. The number of amides is 2. The summed E-state index contributed by atoms with van der Waals surface area (Å²) in [5.74, 6) is 0.823. The number of nitrogens with one attached hydrogen (secondary N) is 2. The Hall–Kier alpha value is -3.61. The summed E-state index contributed by atoms with van der Waals surface area (Å²) in [6, 6.07) is 16.1. The molecule has 1 aliphatic rings. The number of H-pyrrole nitrogens is 1. The van der Waals surface area contributed by atoms with Gasteiger partial charge in [0.05, 0.1) is 12.6 Å². The summed E-state index contributed by atoms with van der Waals surface area (Å²) < 4.78 is 5.50. The average Bonchev–Trinajstić information content (AvgIpc) is 3.35. The molecule has 0 fully saturated rings. The molecule has 0 radical (unpaired) electrons. The average molecular weight is 489 g/mol. The van der Waals surface area contributed by atoms with Crippen LogP contribution in [0.5, 0.6) is 0 Å². The number of imidazole rings is 1. The van der Waals surface area contributed by atoms with E-state index >= 15 is 0 Å². The second kappa shape index (κ2) is 11.0. The quantitative estimate of drug-likeness (QED) is 0.424. The molecule has 7 heteroatoms. The highest BCUT2D eigenvalue weighted by Crippen LogP contribution is 2.34. The fourth-order valence-electron chi connectivity index (χ4n) is 4.68. The van der Waals surface area contributed by atoms with E-state index in [1.54, 1.807) is 17.3 Å². The normalized spacial score (nSPS) is 16.1. The molecule has 0 bridgehead atoms. The van der Waals surface area contributed by atoms with Gasteiger partial charge in [0.25, 0.3) is 0 Å². The fourth-order valence-corrected chi connectivity index (χ4v) is 4.68. The maximum Gasteiger partial charge on any atom is 0.408 e. The van der Waals surface area contributed by atoms with E-state index in [0.717, 1.165) is 41.9 Å². The van der Waals surface area contributed by atoms with Crippen molar-refractivity contribution in [2.45, 2.75) is 77.5 Å². The first kappa shape index (κ1) is 25.5. The highest BCUT2D eigenvalue weighted by Gasteiger charge is 2.27. The molecule has 2 amide bonds. The lowest BCUT2D eigenvalue weighted by Crippen LogP contribution is -2.36. The molecule has 4 rings (SSSR count). The van der Waals surface area contributed by atoms with Gasteiger partial charge in [-0.25, -0.2) is 9.78 Å². The monoisotopic (exact) mass is 488 g/mol. The smallest absolute Gasteiger partial charge is 0.408 e. The van der Waals surface area contributed by atoms with E-state index in [2.05, 4.69) is 40.4 Å². The van der Waals surface area contributed by atoms with Crippen LogP contribution in [0.1, 0.15) is 81.4 Å². The summed E-state index contributed by atoms with van der Waals surface area (Å²) in [5, 5.41) is 3.04. The number of carbonyl (C=O) groups excluding carboxylic acids is 2. The third-order valence-corrected chi connectivity index (χ3v) is 6.46. The molecule has 0 spiro atoms. The molecule has 2 N–H and O–H groups in total. The van der Waals surface area contributed by atoms with Crippen molar-refractivity contribution < 1.29 is 14.3 Å². The molecular weight excluding hydrogens is 452 g/mol. The van der Waals surface area contributed by atoms with E-state index in [1.165, 1.54) is 5.56 Å². The number of aryl methyl sites for hydroxylation is 1. The fraction of sp³-hybridized carbons (Fsp3) is 0.414. The van der Waals surface area contributed by atoms with Gasteiger partial charge in [-0.15, -0.1) is 0 Å². The van der Waals surface area contributed by atoms with Crippen LogP contribution in [0.25, 0.3) is 0 Å². The standard InChI is InChI=1S/C29H36N4O3/c1-20(21-9-6-5-7-10-21)17-27(34)33(19-26-30-15-16-31-26)23-14-13-22-11-8-12-25(24(22)18-23)32-28(35)36-29(2,3)4/h5-7,9-10,13-16,18,20,25H,8,11-12,17,19H2,1-4H3,(H,30,31)(H,32,35)/t20-,25-/m0/s1. The number of carbonyl (C=O) groups is 2. The van der Waals surface area contributed by atoms with Crippen LogP contribution in [0.3, 0.4) is 0 Å². The number of fused-ring (bicyclic) bond motifs is 1. The summed E-state index contributed by atoms with van der Waals surface area (Å²) >= 11 is 0. The van der Waals surface area contributed by atoms with Crippen molar-refractivity contribution in [3.63, 3.8) is 0 Å². The van der Waals surface area contributed by atoms with Crippen molar-refractivity contribution in [3.8, 4) is 0 Å². The molecule has 0 unspecified atom stereocenters. The molecule has 190 valence electrons. The Labute approximate surface area is 213 Å². The lowest BCUT2D eigenvalue weighted by molar-refractivity contribution is -0.119. The van der Waals surface area contributed by atoms with Gasteiger partial charge in [0, 0.05) is 24.5 Å². The van der Waals surface area contributed by atoms with Crippen molar-refractivity contribution in [1.82, 2.24) is 15.3 Å². The second-order valence-electron chi connectivity index (χ2n) is 10.5. The number of ether oxygens (including phenoxy) is 1. The Morgan fingerprint density at radius 2 is 1.97 bits per heavy atom. The highest BCUT2D eigenvalue weighted by molar-refractivity contribution is 5.93. The third kappa shape index (κ3) is 6.53. The Kier molecular flexibility index (Phi) is 7.77. The topological polar surface area (TPSA) is 87.3 Å². The number of aromatic amines is 1. The van der Waals surface area contributed by atoms with Gasteiger partial charge in [-0.3, -0.25) is 4.79 Å². The third-order valence-electron chi connectivity index (χ3n) is 6.46. The van der Waals surface area contributed by atoms with E-state index in [4.69, 9.17) is 4.74 Å². The van der Waals surface area contributed by atoms with Crippen LogP contribution in [0.4, 0.5) is 10.5 Å². The van der Waals surface area contributed by atoms with Crippen LogP contribution in [0, 0.1) is 0 Å². The summed E-state index contributed by atoms with van der Waals surface area (Å²) in [7, 11) is 0. The Morgan fingerprint density at radius 3 is 2.67 bits per heavy atom. The predicted octanol–water partition coefficient (Wildman–Crippen LogP) is 6.04. The molecule has 1 aliphatic carbocycles. The number of rotatable bonds is 7. The second-order valence-corrected chi connectivity index (χ2v) is 10.5. The van der Waals surface area contributed by atoms with Crippen LogP contribution in [0.2, 0.25) is 0 Å². The van der Waals surface area contributed by atoms with Gasteiger partial charge in [-0.2, -0.15) is 0 Å². The first-order valence-electron chi connectivity index (χ1n) is 12.7. The van der Waals surface area contributed by atoms with E-state index < -0.39 is 11.7 Å². The SMILES string of the molecule is C[C@@H](CC(=O)N(Cc1ncc[nH]1)c1ccc2c(c1)[C@@H](NC(=O)OC(C)(C)C)CCC2)c1ccccc1. The predicted molar refractivity (Wildman–Crippen MR) is 141 cm³/mol. The zero-order valence-electron chi connectivity index (χ0n) is 21.6. The lowest BCUT2D eigenvalue weighted by atomic mass is 9.87. The zero-order chi connectivity index (χ0) is 25.7. The van der Waals surface area contributed by atoms with Crippen LogP contribution in [-0.4, -0.2) is 27.6 Å². The van der Waals surface area contributed by atoms with E-state index in [-0.39, 0.29) is 17.9 Å². The molecule has 1 heterocycles. The maximum atomic E-state index is 13.6. The highest BCUT2D eigenvalue weighted by atomic mass is 16.6. The van der Waals surface area contributed by atoms with Gasteiger partial charge >= 0.3 is 6.09 Å². The van der Waals surface area contributed by atoms with Crippen molar-refractivity contribution in [3.05, 3.63) is 83.4 Å². The first-order chi connectivity index (χ1) is 17.2. The van der Waals surface area contributed by atoms with Crippen LogP contribution in [0.15, 0.2) is 60.9 Å². The van der Waals surface area contributed by atoms with Gasteiger partial charge in [0.2, 0.25) is 5.91 Å². The van der Waals surface area contributed by atoms with Crippen molar-refractivity contribution in [2.75, 3.05) is 4.90 Å². The number of anilines is 1. The lowest BCUT2D eigenvalue weighted by Gasteiger charge is -2.30. The Bertz CT molecular complexity index is 1170. The van der Waals surface area contributed by atoms with Crippen LogP contribution in [-0.2, 0) is 22.5 Å². The number of nitrogens with zero attached hydrogens (tertiary/aromatic N) is 2. The van der Waals surface area contributed by atoms with Gasteiger partial charge in [0.15, 0.2) is 0 Å².